The molecule has 6 heteroatoms. The summed E-state index contributed by atoms with van der Waals surface area (Å²) in [5, 5.41) is 0.507. The number of halogens is 1. The second-order valence-corrected chi connectivity index (χ2v) is 9.37. The van der Waals surface area contributed by atoms with Crippen molar-refractivity contribution in [3.05, 3.63) is 45.4 Å². The average Bonchev–Trinajstić information content (AvgIpc) is 2.49. The van der Waals surface area contributed by atoms with E-state index in [1.165, 1.54) is 0 Å². The number of fused-ring (bicyclic) bond motifs is 1. The van der Waals surface area contributed by atoms with Crippen molar-refractivity contribution in [1.82, 2.24) is 0 Å². The van der Waals surface area contributed by atoms with Gasteiger partial charge in [-0.3, -0.25) is 4.57 Å². The topological polar surface area (TPSA) is 44.8 Å². The van der Waals surface area contributed by atoms with E-state index in [2.05, 4.69) is 15.9 Å². The average molecular weight is 385 g/mol. The minimum absolute atomic E-state index is 0.124. The zero-order valence-corrected chi connectivity index (χ0v) is 15.2. The summed E-state index contributed by atoms with van der Waals surface area (Å²) >= 11 is 3.43. The van der Waals surface area contributed by atoms with Crippen LogP contribution < -0.4 is 4.74 Å². The number of hydrogen-bond acceptors (Lipinski definition) is 4. The minimum atomic E-state index is -3.28. The quantitative estimate of drug-likeness (QED) is 0.612. The van der Waals surface area contributed by atoms with E-state index in [9.17, 15) is 4.57 Å². The van der Waals surface area contributed by atoms with Crippen molar-refractivity contribution in [3.8, 4) is 5.75 Å². The van der Waals surface area contributed by atoms with Crippen LogP contribution in [0.25, 0.3) is 6.08 Å². The third-order valence-electron chi connectivity index (χ3n) is 3.62. The normalized spacial score (nSPS) is 24.4. The number of allylic oxidation sites excluding steroid dienone is 2. The van der Waals surface area contributed by atoms with Crippen molar-refractivity contribution in [3.63, 3.8) is 0 Å². The minimum Gasteiger partial charge on any atom is -0.456 e. The number of benzene rings is 1. The van der Waals surface area contributed by atoms with E-state index in [1.54, 1.807) is 13.0 Å². The summed E-state index contributed by atoms with van der Waals surface area (Å²) in [6.45, 7) is 6.58. The molecule has 0 unspecified atom stereocenters. The lowest BCUT2D eigenvalue weighted by atomic mass is 9.97. The van der Waals surface area contributed by atoms with Crippen LogP contribution in [0.2, 0.25) is 0 Å². The Labute approximate surface area is 138 Å². The molecule has 1 aromatic rings. The van der Waals surface area contributed by atoms with Gasteiger partial charge in [-0.05, 0) is 37.3 Å². The summed E-state index contributed by atoms with van der Waals surface area (Å²) < 4.78 is 30.8. The smallest absolute Gasteiger partial charge is 0.360 e. The molecule has 2 aliphatic heterocycles. The molecule has 22 heavy (non-hydrogen) atoms. The van der Waals surface area contributed by atoms with E-state index in [4.69, 9.17) is 13.8 Å². The van der Waals surface area contributed by atoms with E-state index in [1.807, 2.05) is 38.1 Å². The highest BCUT2D eigenvalue weighted by atomic mass is 79.9. The van der Waals surface area contributed by atoms with Crippen LogP contribution in [0.1, 0.15) is 26.3 Å². The van der Waals surface area contributed by atoms with E-state index >= 15 is 0 Å². The van der Waals surface area contributed by atoms with Crippen LogP contribution in [-0.4, -0.2) is 13.2 Å². The Morgan fingerprint density at radius 3 is 2.59 bits per heavy atom. The van der Waals surface area contributed by atoms with E-state index in [-0.39, 0.29) is 5.41 Å². The molecule has 0 aromatic heterocycles. The standard InChI is InChI=1S/C16H18BrO4P/c1-11(22(18)19-9-16(2,3)10-20-22)14-6-4-12-8-13(17)5-7-15(12)21-14/h4-8H,9-10H2,1-3H3/b14-11+. The van der Waals surface area contributed by atoms with Crippen LogP contribution in [0, 0.1) is 5.41 Å². The van der Waals surface area contributed by atoms with Crippen LogP contribution >= 0.6 is 23.5 Å². The first kappa shape index (κ1) is 16.0. The molecule has 0 amide bonds. The maximum atomic E-state index is 12.9. The lowest BCUT2D eigenvalue weighted by Gasteiger charge is -2.34. The van der Waals surface area contributed by atoms with Crippen molar-refractivity contribution < 1.29 is 18.3 Å². The predicted molar refractivity (Wildman–Crippen MR) is 89.8 cm³/mol. The molecule has 0 radical (unpaired) electrons. The second-order valence-electron chi connectivity index (χ2n) is 6.28. The fraction of sp³-hybridized carbons (Fsp3) is 0.375. The molecule has 118 valence electrons. The van der Waals surface area contributed by atoms with Crippen LogP contribution in [0.5, 0.6) is 5.75 Å². The summed E-state index contributed by atoms with van der Waals surface area (Å²) in [5.74, 6) is 1.25. The van der Waals surface area contributed by atoms with Gasteiger partial charge in [0.1, 0.15) is 11.5 Å². The lowest BCUT2D eigenvalue weighted by molar-refractivity contribution is 0.0442. The summed E-state index contributed by atoms with van der Waals surface area (Å²) in [6.07, 6.45) is 3.73. The zero-order valence-electron chi connectivity index (χ0n) is 12.8. The van der Waals surface area contributed by atoms with E-state index in [0.717, 1.165) is 15.8 Å². The highest BCUT2D eigenvalue weighted by Gasteiger charge is 2.39. The Morgan fingerprint density at radius 2 is 1.91 bits per heavy atom. The van der Waals surface area contributed by atoms with Crippen LogP contribution in [0.4, 0.5) is 0 Å². The highest BCUT2D eigenvalue weighted by molar-refractivity contribution is 9.10. The van der Waals surface area contributed by atoms with Gasteiger partial charge in [0.2, 0.25) is 0 Å². The molecule has 4 nitrogen and oxygen atoms in total. The Bertz CT molecular complexity index is 707. The molecular formula is C16H18BrO4P. The van der Waals surface area contributed by atoms with Gasteiger partial charge in [0.15, 0.2) is 0 Å². The molecular weight excluding hydrogens is 367 g/mol. The highest BCUT2D eigenvalue weighted by Crippen LogP contribution is 2.61. The molecule has 0 atom stereocenters. The summed E-state index contributed by atoms with van der Waals surface area (Å²) in [4.78, 5) is 0. The van der Waals surface area contributed by atoms with Gasteiger partial charge in [-0.1, -0.05) is 29.8 Å². The lowest BCUT2D eigenvalue weighted by Crippen LogP contribution is -2.29. The molecule has 0 bridgehead atoms. The molecule has 0 saturated carbocycles. The van der Waals surface area contributed by atoms with Crippen molar-refractivity contribution in [2.45, 2.75) is 20.8 Å². The van der Waals surface area contributed by atoms with Gasteiger partial charge in [0.05, 0.1) is 18.5 Å². The SMILES string of the molecule is C/C(=C1/C=Cc2cc(Br)ccc2O1)P1(=O)OCC(C)(C)CO1. The molecule has 0 spiro atoms. The fourth-order valence-corrected chi connectivity index (χ4v) is 4.45. The van der Waals surface area contributed by atoms with Gasteiger partial charge in [0, 0.05) is 15.5 Å². The van der Waals surface area contributed by atoms with Gasteiger partial charge >= 0.3 is 7.60 Å². The van der Waals surface area contributed by atoms with Crippen LogP contribution in [-0.2, 0) is 13.6 Å². The van der Waals surface area contributed by atoms with E-state index in [0.29, 0.717) is 24.3 Å². The Kier molecular flexibility index (Phi) is 4.11. The van der Waals surface area contributed by atoms with E-state index < -0.39 is 7.60 Å². The van der Waals surface area contributed by atoms with Crippen molar-refractivity contribution in [2.24, 2.45) is 5.41 Å². The van der Waals surface area contributed by atoms with Gasteiger partial charge in [-0.2, -0.15) is 0 Å². The molecule has 1 saturated heterocycles. The largest absolute Gasteiger partial charge is 0.456 e. The van der Waals surface area contributed by atoms with Gasteiger partial charge in [0.25, 0.3) is 0 Å². The summed E-state index contributed by atoms with van der Waals surface area (Å²) in [5.41, 5.74) is 0.844. The van der Waals surface area contributed by atoms with Crippen LogP contribution in [0.3, 0.4) is 0 Å². The summed E-state index contributed by atoms with van der Waals surface area (Å²) in [7, 11) is -3.28. The molecule has 1 aromatic carbocycles. The van der Waals surface area contributed by atoms with Gasteiger partial charge < -0.3 is 13.8 Å². The molecule has 0 aliphatic carbocycles. The number of ether oxygens (including phenoxy) is 1. The molecule has 1 fully saturated rings. The Hall–Kier alpha value is -0.870. The fourth-order valence-electron chi connectivity index (χ4n) is 2.18. The Balaban J connectivity index is 1.89. The monoisotopic (exact) mass is 384 g/mol. The second kappa shape index (κ2) is 5.64. The van der Waals surface area contributed by atoms with Crippen LogP contribution in [0.15, 0.2) is 39.8 Å². The third kappa shape index (κ3) is 3.09. The van der Waals surface area contributed by atoms with Crippen molar-refractivity contribution >= 4 is 29.6 Å². The molecule has 2 aliphatic rings. The maximum Gasteiger partial charge on any atom is 0.360 e. The first-order chi connectivity index (χ1) is 10.3. The first-order valence-corrected chi connectivity index (χ1v) is 9.39. The first-order valence-electron chi connectivity index (χ1n) is 7.05. The van der Waals surface area contributed by atoms with Crippen molar-refractivity contribution in [2.75, 3.05) is 13.2 Å². The molecule has 2 heterocycles. The number of rotatable bonds is 1. The van der Waals surface area contributed by atoms with Crippen molar-refractivity contribution in [1.29, 1.82) is 0 Å². The summed E-state index contributed by atoms with van der Waals surface area (Å²) in [6, 6.07) is 5.75. The number of hydrogen-bond donors (Lipinski definition) is 0. The van der Waals surface area contributed by atoms with Gasteiger partial charge in [-0.15, -0.1) is 0 Å². The zero-order chi connectivity index (χ0) is 16.0. The maximum absolute atomic E-state index is 12.9. The Morgan fingerprint density at radius 1 is 1.23 bits per heavy atom. The molecule has 0 N–H and O–H groups in total. The molecule has 3 rings (SSSR count). The van der Waals surface area contributed by atoms with Gasteiger partial charge in [-0.25, -0.2) is 0 Å². The third-order valence-corrected chi connectivity index (χ3v) is 6.10. The predicted octanol–water partition coefficient (Wildman–Crippen LogP) is 5.35.